The maximum absolute atomic E-state index is 11.4. The average Bonchev–Trinajstić information content (AvgIpc) is 2.76. The molecule has 33 heavy (non-hydrogen) atoms. The van der Waals surface area contributed by atoms with Gasteiger partial charge in [-0.25, -0.2) is 9.59 Å². The van der Waals surface area contributed by atoms with Gasteiger partial charge >= 0.3 is 11.9 Å². The van der Waals surface area contributed by atoms with Gasteiger partial charge in [0.25, 0.3) is 0 Å². The van der Waals surface area contributed by atoms with Crippen LogP contribution in [-0.4, -0.2) is 22.2 Å². The SMILES string of the molecule is C\C(=C/C=C(/C=C\C(=O)O)c1cccc(C(=O)O)c1)c1ccc2c(c1)C(C)(C)CCC2(C)C. The molecule has 0 radical (unpaired) electrons. The number of carboxylic acids is 2. The molecule has 0 fully saturated rings. The molecule has 0 aliphatic heterocycles. The zero-order valence-electron chi connectivity index (χ0n) is 20.0. The highest BCUT2D eigenvalue weighted by Crippen LogP contribution is 2.46. The average molecular weight is 445 g/mol. The molecule has 1 aliphatic carbocycles. The Balaban J connectivity index is 2.04. The molecule has 0 heterocycles. The van der Waals surface area contributed by atoms with Crippen LogP contribution >= 0.6 is 0 Å². The van der Waals surface area contributed by atoms with Crippen molar-refractivity contribution in [2.24, 2.45) is 0 Å². The molecule has 0 saturated carbocycles. The summed E-state index contributed by atoms with van der Waals surface area (Å²) in [6, 6.07) is 13.2. The third kappa shape index (κ3) is 5.51. The number of carbonyl (C=O) groups is 2. The van der Waals surface area contributed by atoms with Gasteiger partial charge < -0.3 is 10.2 Å². The van der Waals surface area contributed by atoms with Crippen LogP contribution in [0.2, 0.25) is 0 Å². The van der Waals surface area contributed by atoms with Gasteiger partial charge in [0.1, 0.15) is 0 Å². The van der Waals surface area contributed by atoms with Crippen molar-refractivity contribution in [3.63, 3.8) is 0 Å². The molecule has 0 unspecified atom stereocenters. The van der Waals surface area contributed by atoms with Crippen molar-refractivity contribution in [1.82, 2.24) is 0 Å². The minimum Gasteiger partial charge on any atom is -0.478 e. The summed E-state index contributed by atoms with van der Waals surface area (Å²) in [6.45, 7) is 11.2. The van der Waals surface area contributed by atoms with Crippen molar-refractivity contribution in [2.75, 3.05) is 0 Å². The highest BCUT2D eigenvalue weighted by molar-refractivity contribution is 5.91. The number of carboxylic acid groups (broad SMARTS) is 2. The molecular weight excluding hydrogens is 412 g/mol. The van der Waals surface area contributed by atoms with E-state index in [4.69, 9.17) is 5.11 Å². The lowest BCUT2D eigenvalue weighted by atomic mass is 9.63. The van der Waals surface area contributed by atoms with E-state index in [9.17, 15) is 14.7 Å². The van der Waals surface area contributed by atoms with Crippen molar-refractivity contribution < 1.29 is 19.8 Å². The topological polar surface area (TPSA) is 74.6 Å². The van der Waals surface area contributed by atoms with E-state index in [1.807, 2.05) is 19.1 Å². The van der Waals surface area contributed by atoms with Gasteiger partial charge in [-0.2, -0.15) is 0 Å². The van der Waals surface area contributed by atoms with Crippen LogP contribution in [0.1, 0.15) is 80.1 Å². The van der Waals surface area contributed by atoms with E-state index in [2.05, 4.69) is 45.9 Å². The lowest BCUT2D eigenvalue weighted by Crippen LogP contribution is -2.33. The van der Waals surface area contributed by atoms with Crippen LogP contribution in [0.25, 0.3) is 11.1 Å². The fourth-order valence-corrected chi connectivity index (χ4v) is 4.39. The van der Waals surface area contributed by atoms with E-state index in [0.29, 0.717) is 11.1 Å². The Kier molecular flexibility index (Phi) is 6.78. The molecule has 172 valence electrons. The molecule has 0 amide bonds. The second kappa shape index (κ2) is 9.22. The van der Waals surface area contributed by atoms with Crippen molar-refractivity contribution in [2.45, 2.75) is 58.3 Å². The molecule has 2 aromatic carbocycles. The standard InChI is InChI=1S/C29H32O4/c1-19(21-11-13-24-25(18-21)29(4,5)16-15-28(24,2)3)9-10-20(12-14-26(30)31)22-7-6-8-23(17-22)27(32)33/h6-14,17-18H,15-16H2,1-5H3,(H,30,31)(H,32,33)/b14-12-,19-9+,20-10-. The third-order valence-corrected chi connectivity index (χ3v) is 6.67. The maximum Gasteiger partial charge on any atom is 0.335 e. The monoisotopic (exact) mass is 444 g/mol. The van der Waals surface area contributed by atoms with E-state index in [-0.39, 0.29) is 16.4 Å². The normalized spacial score (nSPS) is 17.6. The first kappa shape index (κ1) is 24.2. The largest absolute Gasteiger partial charge is 0.478 e. The molecular formula is C29H32O4. The van der Waals surface area contributed by atoms with Crippen molar-refractivity contribution >= 4 is 23.1 Å². The second-order valence-electron chi connectivity index (χ2n) is 10.1. The number of hydrogen-bond donors (Lipinski definition) is 2. The zero-order chi connectivity index (χ0) is 24.4. The molecule has 0 bridgehead atoms. The molecule has 0 aromatic heterocycles. The lowest BCUT2D eigenvalue weighted by Gasteiger charge is -2.42. The summed E-state index contributed by atoms with van der Waals surface area (Å²) in [5.74, 6) is -2.08. The molecule has 3 rings (SSSR count). The molecule has 0 saturated heterocycles. The molecule has 2 aromatic rings. The van der Waals surface area contributed by atoms with E-state index in [0.717, 1.165) is 23.6 Å². The number of hydrogen-bond acceptors (Lipinski definition) is 2. The van der Waals surface area contributed by atoms with E-state index in [1.54, 1.807) is 18.2 Å². The minimum absolute atomic E-state index is 0.115. The number of aliphatic carboxylic acids is 1. The van der Waals surface area contributed by atoms with Crippen LogP contribution in [0.5, 0.6) is 0 Å². The van der Waals surface area contributed by atoms with Crippen LogP contribution in [0.4, 0.5) is 0 Å². The van der Waals surface area contributed by atoms with Crippen LogP contribution < -0.4 is 0 Å². The molecule has 1 aliphatic rings. The number of rotatable bonds is 6. The van der Waals surface area contributed by atoms with Crippen LogP contribution in [0.15, 0.2) is 66.8 Å². The first-order valence-corrected chi connectivity index (χ1v) is 11.2. The van der Waals surface area contributed by atoms with Gasteiger partial charge in [-0.3, -0.25) is 0 Å². The predicted octanol–water partition coefficient (Wildman–Crippen LogP) is 6.86. The molecule has 4 heteroatoms. The Bertz CT molecular complexity index is 1180. The van der Waals surface area contributed by atoms with Gasteiger partial charge in [0, 0.05) is 6.08 Å². The summed E-state index contributed by atoms with van der Waals surface area (Å²) in [5.41, 5.74) is 6.65. The highest BCUT2D eigenvalue weighted by atomic mass is 16.4. The van der Waals surface area contributed by atoms with Crippen LogP contribution in [0.3, 0.4) is 0 Å². The fourth-order valence-electron chi connectivity index (χ4n) is 4.39. The summed E-state index contributed by atoms with van der Waals surface area (Å²) < 4.78 is 0. The first-order chi connectivity index (χ1) is 15.4. The second-order valence-corrected chi connectivity index (χ2v) is 10.1. The Morgan fingerprint density at radius 1 is 0.788 bits per heavy atom. The number of allylic oxidation sites excluding steroid dienone is 5. The van der Waals surface area contributed by atoms with Crippen molar-refractivity contribution in [3.8, 4) is 0 Å². The van der Waals surface area contributed by atoms with Gasteiger partial charge in [-0.15, -0.1) is 0 Å². The van der Waals surface area contributed by atoms with Gasteiger partial charge in [0.15, 0.2) is 0 Å². The molecule has 0 spiro atoms. The van der Waals surface area contributed by atoms with E-state index in [1.165, 1.54) is 29.7 Å². The summed E-state index contributed by atoms with van der Waals surface area (Å²) in [6.07, 6.45) is 8.65. The van der Waals surface area contributed by atoms with Gasteiger partial charge in [0.05, 0.1) is 5.56 Å². The summed E-state index contributed by atoms with van der Waals surface area (Å²) in [7, 11) is 0. The molecule has 4 nitrogen and oxygen atoms in total. The highest BCUT2D eigenvalue weighted by Gasteiger charge is 2.36. The zero-order valence-corrected chi connectivity index (χ0v) is 20.0. The number of aromatic carboxylic acids is 1. The van der Waals surface area contributed by atoms with Crippen LogP contribution in [0, 0.1) is 0 Å². The quantitative estimate of drug-likeness (QED) is 0.377. The Morgan fingerprint density at radius 2 is 1.42 bits per heavy atom. The van der Waals surface area contributed by atoms with E-state index < -0.39 is 11.9 Å². The minimum atomic E-state index is -1.06. The molecule has 0 atom stereocenters. The number of benzene rings is 2. The summed E-state index contributed by atoms with van der Waals surface area (Å²) >= 11 is 0. The number of fused-ring (bicyclic) bond motifs is 1. The summed E-state index contributed by atoms with van der Waals surface area (Å²) in [5, 5.41) is 18.4. The Morgan fingerprint density at radius 3 is 2.06 bits per heavy atom. The predicted molar refractivity (Wildman–Crippen MR) is 134 cm³/mol. The summed E-state index contributed by atoms with van der Waals surface area (Å²) in [4.78, 5) is 22.5. The third-order valence-electron chi connectivity index (χ3n) is 6.67. The van der Waals surface area contributed by atoms with Crippen molar-refractivity contribution in [1.29, 1.82) is 0 Å². The first-order valence-electron chi connectivity index (χ1n) is 11.2. The van der Waals surface area contributed by atoms with E-state index >= 15 is 0 Å². The Labute approximate surface area is 196 Å². The van der Waals surface area contributed by atoms with Gasteiger partial charge in [-0.05, 0) is 82.2 Å². The van der Waals surface area contributed by atoms with Crippen LogP contribution in [-0.2, 0) is 15.6 Å². The smallest absolute Gasteiger partial charge is 0.335 e. The maximum atomic E-state index is 11.4. The molecule has 2 N–H and O–H groups in total. The van der Waals surface area contributed by atoms with Crippen molar-refractivity contribution in [3.05, 3.63) is 94.6 Å². The van der Waals surface area contributed by atoms with Gasteiger partial charge in [0.2, 0.25) is 0 Å². The lowest BCUT2D eigenvalue weighted by molar-refractivity contribution is -0.131. The van der Waals surface area contributed by atoms with Gasteiger partial charge in [-0.1, -0.05) is 70.2 Å². The fraction of sp³-hybridized carbons (Fsp3) is 0.310. The Hall–Kier alpha value is -3.40.